The average Bonchev–Trinajstić information content (AvgIpc) is 3.09. The molecular weight excluding hydrogens is 292 g/mol. The molecule has 1 aliphatic rings. The van der Waals surface area contributed by atoms with Gasteiger partial charge in [0.15, 0.2) is 0 Å². The van der Waals surface area contributed by atoms with Crippen LogP contribution in [0.15, 0.2) is 41.0 Å². The first kappa shape index (κ1) is 16.1. The topological polar surface area (TPSA) is 46.9 Å². The number of nitrogens with one attached hydrogen (secondary N) is 1. The highest BCUT2D eigenvalue weighted by atomic mass is 16.5. The van der Waals surface area contributed by atoms with Crippen molar-refractivity contribution in [3.8, 4) is 5.75 Å². The van der Waals surface area contributed by atoms with E-state index in [-0.39, 0.29) is 0 Å². The van der Waals surface area contributed by atoms with Crippen LogP contribution in [0, 0.1) is 0 Å². The Hall–Kier alpha value is -1.82. The van der Waals surface area contributed by atoms with Gasteiger partial charge in [-0.3, -0.25) is 4.90 Å². The van der Waals surface area contributed by atoms with Crippen LogP contribution in [0.3, 0.4) is 0 Å². The molecule has 2 heterocycles. The summed E-state index contributed by atoms with van der Waals surface area (Å²) >= 11 is 0. The molecule has 0 amide bonds. The second-order valence-electron chi connectivity index (χ2n) is 5.72. The van der Waals surface area contributed by atoms with Crippen molar-refractivity contribution in [3.05, 3.63) is 53.5 Å². The number of benzene rings is 1. The van der Waals surface area contributed by atoms with E-state index in [1.165, 1.54) is 11.1 Å². The molecule has 1 fully saturated rings. The van der Waals surface area contributed by atoms with Gasteiger partial charge in [-0.2, -0.15) is 0 Å². The third-order valence-electron chi connectivity index (χ3n) is 4.05. The molecule has 2 aromatic rings. The van der Waals surface area contributed by atoms with E-state index in [0.717, 1.165) is 57.4 Å². The molecule has 1 saturated heterocycles. The van der Waals surface area contributed by atoms with Crippen LogP contribution in [0.25, 0.3) is 0 Å². The van der Waals surface area contributed by atoms with Crippen LogP contribution in [-0.2, 0) is 24.4 Å². The predicted molar refractivity (Wildman–Crippen MR) is 88.3 cm³/mol. The fourth-order valence-electron chi connectivity index (χ4n) is 2.81. The van der Waals surface area contributed by atoms with Crippen molar-refractivity contribution in [1.82, 2.24) is 10.2 Å². The molecule has 5 nitrogen and oxygen atoms in total. The lowest BCUT2D eigenvalue weighted by molar-refractivity contribution is 0.0339. The molecule has 1 aliphatic heterocycles. The van der Waals surface area contributed by atoms with Gasteiger partial charge in [0.05, 0.1) is 33.1 Å². The zero-order valence-corrected chi connectivity index (χ0v) is 13.6. The maximum Gasteiger partial charge on any atom is 0.123 e. The molecule has 0 spiro atoms. The van der Waals surface area contributed by atoms with Crippen LogP contribution >= 0.6 is 0 Å². The quantitative estimate of drug-likeness (QED) is 0.850. The molecule has 1 aromatic heterocycles. The Bertz CT molecular complexity index is 592. The molecule has 0 atom stereocenters. The van der Waals surface area contributed by atoms with Crippen molar-refractivity contribution < 1.29 is 13.9 Å². The van der Waals surface area contributed by atoms with E-state index >= 15 is 0 Å². The third kappa shape index (κ3) is 4.58. The first-order valence-corrected chi connectivity index (χ1v) is 8.04. The van der Waals surface area contributed by atoms with Gasteiger partial charge in [-0.15, -0.1) is 0 Å². The number of hydrogen-bond acceptors (Lipinski definition) is 5. The Kier molecular flexibility index (Phi) is 5.69. The normalized spacial score (nSPS) is 15.7. The zero-order valence-electron chi connectivity index (χ0n) is 13.6. The van der Waals surface area contributed by atoms with Gasteiger partial charge in [-0.1, -0.05) is 6.07 Å². The molecule has 3 rings (SSSR count). The maximum absolute atomic E-state index is 5.51. The summed E-state index contributed by atoms with van der Waals surface area (Å²) in [6.07, 6.45) is 1.70. The van der Waals surface area contributed by atoms with Crippen molar-refractivity contribution in [2.24, 2.45) is 0 Å². The number of morpholine rings is 1. The van der Waals surface area contributed by atoms with Crippen molar-refractivity contribution in [2.45, 2.75) is 19.6 Å². The standard InChI is InChI=1S/C18H24N2O3/c1-21-18-5-4-15(12-19-13-17-3-2-8-23-17)11-16(18)14-20-6-9-22-10-7-20/h2-5,8,11,19H,6-7,9-10,12-14H2,1H3. The number of ether oxygens (including phenoxy) is 2. The summed E-state index contributed by atoms with van der Waals surface area (Å²) in [5.41, 5.74) is 2.48. The summed E-state index contributed by atoms with van der Waals surface area (Å²) in [5, 5.41) is 3.40. The SMILES string of the molecule is COc1ccc(CNCc2ccco2)cc1CN1CCOCC1. The highest BCUT2D eigenvalue weighted by Crippen LogP contribution is 2.22. The van der Waals surface area contributed by atoms with Crippen LogP contribution in [0.4, 0.5) is 0 Å². The highest BCUT2D eigenvalue weighted by molar-refractivity contribution is 5.37. The molecule has 1 aromatic carbocycles. The Balaban J connectivity index is 1.60. The molecular formula is C18H24N2O3. The second kappa shape index (κ2) is 8.15. The van der Waals surface area contributed by atoms with E-state index in [0.29, 0.717) is 0 Å². The summed E-state index contributed by atoms with van der Waals surface area (Å²) in [7, 11) is 1.73. The molecule has 0 radical (unpaired) electrons. The number of nitrogens with zero attached hydrogens (tertiary/aromatic N) is 1. The van der Waals surface area contributed by atoms with Crippen molar-refractivity contribution in [1.29, 1.82) is 0 Å². The smallest absolute Gasteiger partial charge is 0.123 e. The fraction of sp³-hybridized carbons (Fsp3) is 0.444. The van der Waals surface area contributed by atoms with E-state index < -0.39 is 0 Å². The van der Waals surface area contributed by atoms with Crippen molar-refractivity contribution in [3.63, 3.8) is 0 Å². The van der Waals surface area contributed by atoms with E-state index in [4.69, 9.17) is 13.9 Å². The van der Waals surface area contributed by atoms with Crippen LogP contribution in [0.5, 0.6) is 5.75 Å². The second-order valence-corrected chi connectivity index (χ2v) is 5.72. The van der Waals surface area contributed by atoms with Crippen LogP contribution < -0.4 is 10.1 Å². The molecule has 0 bridgehead atoms. The van der Waals surface area contributed by atoms with Gasteiger partial charge in [0.25, 0.3) is 0 Å². The van der Waals surface area contributed by atoms with Crippen molar-refractivity contribution >= 4 is 0 Å². The zero-order chi connectivity index (χ0) is 15.9. The lowest BCUT2D eigenvalue weighted by Gasteiger charge is -2.27. The Morgan fingerprint density at radius 3 is 2.78 bits per heavy atom. The Morgan fingerprint density at radius 1 is 1.17 bits per heavy atom. The van der Waals surface area contributed by atoms with Crippen LogP contribution in [0.1, 0.15) is 16.9 Å². The lowest BCUT2D eigenvalue weighted by Crippen LogP contribution is -2.35. The Labute approximate surface area is 137 Å². The molecule has 0 unspecified atom stereocenters. The third-order valence-corrected chi connectivity index (χ3v) is 4.05. The Morgan fingerprint density at radius 2 is 2.04 bits per heavy atom. The molecule has 1 N–H and O–H groups in total. The number of furan rings is 1. The van der Waals surface area contributed by atoms with E-state index in [9.17, 15) is 0 Å². The van der Waals surface area contributed by atoms with Gasteiger partial charge in [-0.05, 0) is 29.8 Å². The van der Waals surface area contributed by atoms with Gasteiger partial charge >= 0.3 is 0 Å². The van der Waals surface area contributed by atoms with Gasteiger partial charge < -0.3 is 19.2 Å². The van der Waals surface area contributed by atoms with Gasteiger partial charge in [0, 0.05) is 31.7 Å². The van der Waals surface area contributed by atoms with E-state index in [2.05, 4.69) is 28.4 Å². The summed E-state index contributed by atoms with van der Waals surface area (Å²) in [6, 6.07) is 10.3. The largest absolute Gasteiger partial charge is 0.496 e. The molecule has 0 aliphatic carbocycles. The maximum atomic E-state index is 5.51. The number of methoxy groups -OCH3 is 1. The highest BCUT2D eigenvalue weighted by Gasteiger charge is 2.13. The van der Waals surface area contributed by atoms with Crippen molar-refractivity contribution in [2.75, 3.05) is 33.4 Å². The molecule has 124 valence electrons. The first-order chi connectivity index (χ1) is 11.3. The lowest BCUT2D eigenvalue weighted by atomic mass is 10.1. The summed E-state index contributed by atoms with van der Waals surface area (Å²) in [4.78, 5) is 2.40. The van der Waals surface area contributed by atoms with Crippen LogP contribution in [-0.4, -0.2) is 38.3 Å². The first-order valence-electron chi connectivity index (χ1n) is 8.04. The molecule has 0 saturated carbocycles. The summed E-state index contributed by atoms with van der Waals surface area (Å²) < 4.78 is 16.3. The van der Waals surface area contributed by atoms with E-state index in [1.54, 1.807) is 13.4 Å². The predicted octanol–water partition coefficient (Wildman–Crippen LogP) is 2.41. The monoisotopic (exact) mass is 316 g/mol. The summed E-state index contributed by atoms with van der Waals surface area (Å²) in [5.74, 6) is 1.90. The molecule has 23 heavy (non-hydrogen) atoms. The van der Waals surface area contributed by atoms with Gasteiger partial charge in [0.1, 0.15) is 11.5 Å². The van der Waals surface area contributed by atoms with E-state index in [1.807, 2.05) is 12.1 Å². The summed E-state index contributed by atoms with van der Waals surface area (Å²) in [6.45, 7) is 6.02. The minimum atomic E-state index is 0.734. The van der Waals surface area contributed by atoms with Gasteiger partial charge in [0.2, 0.25) is 0 Å². The number of hydrogen-bond donors (Lipinski definition) is 1. The number of rotatable bonds is 7. The van der Waals surface area contributed by atoms with Crippen LogP contribution in [0.2, 0.25) is 0 Å². The fourth-order valence-corrected chi connectivity index (χ4v) is 2.81. The van der Waals surface area contributed by atoms with Gasteiger partial charge in [-0.25, -0.2) is 0 Å². The molecule has 5 heteroatoms. The minimum Gasteiger partial charge on any atom is -0.496 e. The average molecular weight is 316 g/mol. The minimum absolute atomic E-state index is 0.734.